The molecule has 2 aromatic rings. The molecular formula is C14H15FN2. The number of hydrogen-bond acceptors (Lipinski definition) is 2. The summed E-state index contributed by atoms with van der Waals surface area (Å²) in [7, 11) is 0. The van der Waals surface area contributed by atoms with Crippen molar-refractivity contribution in [2.75, 3.05) is 0 Å². The van der Waals surface area contributed by atoms with Crippen molar-refractivity contribution in [2.24, 2.45) is 5.73 Å². The average molecular weight is 230 g/mol. The van der Waals surface area contributed by atoms with Crippen LogP contribution >= 0.6 is 0 Å². The van der Waals surface area contributed by atoms with Gasteiger partial charge in [-0.3, -0.25) is 4.98 Å². The molecule has 0 saturated carbocycles. The first-order chi connectivity index (χ1) is 8.09. The van der Waals surface area contributed by atoms with Crippen LogP contribution in [0.4, 0.5) is 4.39 Å². The predicted octanol–water partition coefficient (Wildman–Crippen LogP) is 2.89. The van der Waals surface area contributed by atoms with Gasteiger partial charge in [0.2, 0.25) is 0 Å². The molecule has 2 nitrogen and oxygen atoms in total. The van der Waals surface area contributed by atoms with Crippen molar-refractivity contribution in [3.05, 3.63) is 64.7 Å². The van der Waals surface area contributed by atoms with Crippen LogP contribution in [0.1, 0.15) is 28.4 Å². The van der Waals surface area contributed by atoms with Crippen LogP contribution in [0.15, 0.2) is 36.5 Å². The number of rotatable bonds is 2. The lowest BCUT2D eigenvalue weighted by Gasteiger charge is -2.16. The van der Waals surface area contributed by atoms with Crippen molar-refractivity contribution in [1.82, 2.24) is 4.98 Å². The maximum atomic E-state index is 13.2. The molecule has 0 radical (unpaired) electrons. The number of halogens is 1. The molecule has 1 atom stereocenters. The molecule has 88 valence electrons. The number of hydrogen-bond donors (Lipinski definition) is 1. The van der Waals surface area contributed by atoms with Crippen LogP contribution in [0.5, 0.6) is 0 Å². The van der Waals surface area contributed by atoms with E-state index in [-0.39, 0.29) is 11.9 Å². The normalized spacial score (nSPS) is 12.5. The zero-order chi connectivity index (χ0) is 12.4. The Morgan fingerprint density at radius 1 is 1.18 bits per heavy atom. The maximum absolute atomic E-state index is 13.2. The molecular weight excluding hydrogens is 215 g/mol. The summed E-state index contributed by atoms with van der Waals surface area (Å²) in [5.74, 6) is -0.269. The van der Waals surface area contributed by atoms with Gasteiger partial charge in [0.1, 0.15) is 5.82 Å². The molecule has 0 fully saturated rings. The number of pyridine rings is 1. The largest absolute Gasteiger partial charge is 0.319 e. The summed E-state index contributed by atoms with van der Waals surface area (Å²) < 4.78 is 13.2. The number of aromatic nitrogens is 1. The molecule has 0 aliphatic rings. The monoisotopic (exact) mass is 230 g/mol. The highest BCUT2D eigenvalue weighted by molar-refractivity contribution is 5.36. The van der Waals surface area contributed by atoms with E-state index in [9.17, 15) is 4.39 Å². The molecule has 3 heteroatoms. The highest BCUT2D eigenvalue weighted by atomic mass is 19.1. The van der Waals surface area contributed by atoms with E-state index in [0.717, 1.165) is 22.4 Å². The van der Waals surface area contributed by atoms with Crippen molar-refractivity contribution in [3.63, 3.8) is 0 Å². The van der Waals surface area contributed by atoms with Gasteiger partial charge in [0.05, 0.1) is 11.7 Å². The molecule has 1 aromatic heterocycles. The standard InChI is InChI=1S/C14H15FN2/c1-9-5-6-11(15)8-12(9)13(16)14-10(2)4-3-7-17-14/h3-8,13H,16H2,1-2H3. The predicted molar refractivity (Wildman–Crippen MR) is 66.1 cm³/mol. The average Bonchev–Trinajstić information content (AvgIpc) is 2.32. The van der Waals surface area contributed by atoms with Crippen molar-refractivity contribution in [3.8, 4) is 0 Å². The van der Waals surface area contributed by atoms with Crippen molar-refractivity contribution in [2.45, 2.75) is 19.9 Å². The molecule has 0 aliphatic carbocycles. The second-order valence-electron chi connectivity index (χ2n) is 4.18. The Kier molecular flexibility index (Phi) is 3.20. The van der Waals surface area contributed by atoms with Crippen LogP contribution in [0.3, 0.4) is 0 Å². The SMILES string of the molecule is Cc1ccc(F)cc1C(N)c1ncccc1C. The minimum Gasteiger partial charge on any atom is -0.319 e. The van der Waals surface area contributed by atoms with Crippen molar-refractivity contribution >= 4 is 0 Å². The molecule has 2 N–H and O–H groups in total. The lowest BCUT2D eigenvalue weighted by Crippen LogP contribution is -2.16. The lowest BCUT2D eigenvalue weighted by atomic mass is 9.97. The first-order valence-electron chi connectivity index (χ1n) is 5.52. The van der Waals surface area contributed by atoms with Gasteiger partial charge >= 0.3 is 0 Å². The summed E-state index contributed by atoms with van der Waals surface area (Å²) in [5.41, 5.74) is 9.73. The molecule has 1 unspecified atom stereocenters. The number of aryl methyl sites for hydroxylation is 2. The van der Waals surface area contributed by atoms with Crippen LogP contribution in [-0.2, 0) is 0 Å². The molecule has 0 amide bonds. The Hall–Kier alpha value is -1.74. The quantitative estimate of drug-likeness (QED) is 0.861. The first-order valence-corrected chi connectivity index (χ1v) is 5.52. The molecule has 0 aliphatic heterocycles. The molecule has 17 heavy (non-hydrogen) atoms. The zero-order valence-corrected chi connectivity index (χ0v) is 9.94. The van der Waals surface area contributed by atoms with Gasteiger partial charge in [-0.25, -0.2) is 4.39 Å². The van der Waals surface area contributed by atoms with Crippen molar-refractivity contribution in [1.29, 1.82) is 0 Å². The molecule has 0 spiro atoms. The zero-order valence-electron chi connectivity index (χ0n) is 9.94. The summed E-state index contributed by atoms with van der Waals surface area (Å²) in [4.78, 5) is 4.28. The Morgan fingerprint density at radius 2 is 1.94 bits per heavy atom. The van der Waals surface area contributed by atoms with E-state index in [4.69, 9.17) is 5.73 Å². The highest BCUT2D eigenvalue weighted by Gasteiger charge is 2.15. The third-order valence-electron chi connectivity index (χ3n) is 2.92. The van der Waals surface area contributed by atoms with E-state index >= 15 is 0 Å². The number of nitrogens with zero attached hydrogens (tertiary/aromatic N) is 1. The molecule has 0 bridgehead atoms. The minimum absolute atomic E-state index is 0.269. The van der Waals surface area contributed by atoms with Gasteiger partial charge in [0.25, 0.3) is 0 Å². The fourth-order valence-corrected chi connectivity index (χ4v) is 1.92. The Labute approximate surface area is 100 Å². The lowest BCUT2D eigenvalue weighted by molar-refractivity contribution is 0.622. The van der Waals surface area contributed by atoms with E-state index in [1.54, 1.807) is 12.3 Å². The Bertz CT molecular complexity index is 537. The maximum Gasteiger partial charge on any atom is 0.123 e. The summed E-state index contributed by atoms with van der Waals surface area (Å²) in [5, 5.41) is 0. The molecule has 2 rings (SSSR count). The third kappa shape index (κ3) is 2.34. The van der Waals surface area contributed by atoms with Crippen LogP contribution in [0.2, 0.25) is 0 Å². The summed E-state index contributed by atoms with van der Waals surface area (Å²) in [6.07, 6.45) is 1.71. The number of nitrogens with two attached hydrogens (primary N) is 1. The van der Waals surface area contributed by atoms with Crippen LogP contribution in [0.25, 0.3) is 0 Å². The van der Waals surface area contributed by atoms with Gasteiger partial charge in [0.15, 0.2) is 0 Å². The minimum atomic E-state index is -0.383. The van der Waals surface area contributed by atoms with Gasteiger partial charge in [-0.1, -0.05) is 12.1 Å². The Morgan fingerprint density at radius 3 is 2.65 bits per heavy atom. The first kappa shape index (κ1) is 11.7. The third-order valence-corrected chi connectivity index (χ3v) is 2.92. The topological polar surface area (TPSA) is 38.9 Å². The summed E-state index contributed by atoms with van der Waals surface area (Å²) in [6, 6.07) is 8.10. The van der Waals surface area contributed by atoms with E-state index in [1.165, 1.54) is 12.1 Å². The van der Waals surface area contributed by atoms with Gasteiger partial charge in [-0.05, 0) is 48.7 Å². The van der Waals surface area contributed by atoms with E-state index in [2.05, 4.69) is 4.98 Å². The molecule has 0 saturated heterocycles. The van der Waals surface area contributed by atoms with Crippen LogP contribution in [-0.4, -0.2) is 4.98 Å². The number of benzene rings is 1. The van der Waals surface area contributed by atoms with Crippen LogP contribution in [0, 0.1) is 19.7 Å². The van der Waals surface area contributed by atoms with Gasteiger partial charge < -0.3 is 5.73 Å². The van der Waals surface area contributed by atoms with E-state index in [0.29, 0.717) is 0 Å². The molecule has 1 aromatic carbocycles. The highest BCUT2D eigenvalue weighted by Crippen LogP contribution is 2.23. The molecule has 1 heterocycles. The Balaban J connectivity index is 2.47. The summed E-state index contributed by atoms with van der Waals surface area (Å²) in [6.45, 7) is 3.88. The fourth-order valence-electron chi connectivity index (χ4n) is 1.92. The van der Waals surface area contributed by atoms with Crippen molar-refractivity contribution < 1.29 is 4.39 Å². The van der Waals surface area contributed by atoms with E-state index < -0.39 is 0 Å². The smallest absolute Gasteiger partial charge is 0.123 e. The second-order valence-corrected chi connectivity index (χ2v) is 4.18. The van der Waals surface area contributed by atoms with Gasteiger partial charge in [-0.15, -0.1) is 0 Å². The van der Waals surface area contributed by atoms with Crippen LogP contribution < -0.4 is 5.73 Å². The fraction of sp³-hybridized carbons (Fsp3) is 0.214. The summed E-state index contributed by atoms with van der Waals surface area (Å²) >= 11 is 0. The van der Waals surface area contributed by atoms with Gasteiger partial charge in [0, 0.05) is 6.20 Å². The van der Waals surface area contributed by atoms with Gasteiger partial charge in [-0.2, -0.15) is 0 Å². The second kappa shape index (κ2) is 4.63. The van der Waals surface area contributed by atoms with E-state index in [1.807, 2.05) is 26.0 Å².